The highest BCUT2D eigenvalue weighted by atomic mass is 32.2. The molecule has 6 heteroatoms. The predicted molar refractivity (Wildman–Crippen MR) is 75.2 cm³/mol. The van der Waals surface area contributed by atoms with Crippen LogP contribution in [0.3, 0.4) is 0 Å². The van der Waals surface area contributed by atoms with E-state index < -0.39 is 9.84 Å². The zero-order valence-corrected chi connectivity index (χ0v) is 11.5. The van der Waals surface area contributed by atoms with E-state index in [2.05, 4.69) is 0 Å². The van der Waals surface area contributed by atoms with Crippen LogP contribution >= 0.6 is 0 Å². The van der Waals surface area contributed by atoms with Crippen molar-refractivity contribution in [3.8, 4) is 17.6 Å². The second-order valence-electron chi connectivity index (χ2n) is 4.18. The molecule has 0 aromatic heterocycles. The molecular formula is C14H12N2O3S. The van der Waals surface area contributed by atoms with Gasteiger partial charge in [0.15, 0.2) is 9.84 Å². The van der Waals surface area contributed by atoms with Crippen LogP contribution < -0.4 is 10.5 Å². The molecule has 0 unspecified atom stereocenters. The van der Waals surface area contributed by atoms with Crippen molar-refractivity contribution in [2.45, 2.75) is 4.90 Å². The first-order chi connectivity index (χ1) is 9.41. The Balaban J connectivity index is 2.39. The number of hydrogen-bond donors (Lipinski definition) is 1. The Morgan fingerprint density at radius 3 is 2.45 bits per heavy atom. The molecule has 0 heterocycles. The summed E-state index contributed by atoms with van der Waals surface area (Å²) in [6.45, 7) is 0. The van der Waals surface area contributed by atoms with Crippen LogP contribution in [0.5, 0.6) is 11.5 Å². The minimum absolute atomic E-state index is 0.121. The van der Waals surface area contributed by atoms with E-state index >= 15 is 0 Å². The van der Waals surface area contributed by atoms with Gasteiger partial charge in [-0.2, -0.15) is 5.26 Å². The van der Waals surface area contributed by atoms with Gasteiger partial charge in [0.2, 0.25) is 0 Å². The summed E-state index contributed by atoms with van der Waals surface area (Å²) in [6, 6.07) is 12.9. The van der Waals surface area contributed by atoms with E-state index in [0.717, 1.165) is 6.26 Å². The largest absolute Gasteiger partial charge is 0.454 e. The molecule has 0 aliphatic carbocycles. The zero-order valence-electron chi connectivity index (χ0n) is 10.7. The highest BCUT2D eigenvalue weighted by Gasteiger charge is 2.11. The normalized spacial score (nSPS) is 10.8. The quantitative estimate of drug-likeness (QED) is 0.875. The summed E-state index contributed by atoms with van der Waals surface area (Å²) in [4.78, 5) is 0.121. The maximum absolute atomic E-state index is 11.4. The van der Waals surface area contributed by atoms with Crippen LogP contribution in [-0.2, 0) is 9.84 Å². The van der Waals surface area contributed by atoms with E-state index in [1.807, 2.05) is 6.07 Å². The number of sulfone groups is 1. The van der Waals surface area contributed by atoms with Crippen LogP contribution in [0.15, 0.2) is 47.4 Å². The lowest BCUT2D eigenvalue weighted by Gasteiger charge is -2.10. The first kappa shape index (κ1) is 13.9. The average Bonchev–Trinajstić information content (AvgIpc) is 2.40. The second-order valence-corrected chi connectivity index (χ2v) is 6.20. The van der Waals surface area contributed by atoms with E-state index in [1.54, 1.807) is 24.3 Å². The van der Waals surface area contributed by atoms with Crippen molar-refractivity contribution in [2.75, 3.05) is 12.0 Å². The first-order valence-corrected chi connectivity index (χ1v) is 7.57. The fourth-order valence-corrected chi connectivity index (χ4v) is 2.27. The fraction of sp³-hybridized carbons (Fsp3) is 0.0714. The molecule has 0 amide bonds. The van der Waals surface area contributed by atoms with Gasteiger partial charge in [-0.1, -0.05) is 12.1 Å². The molecule has 0 aliphatic rings. The van der Waals surface area contributed by atoms with Gasteiger partial charge in [0.1, 0.15) is 17.6 Å². The molecule has 2 aromatic carbocycles. The summed E-state index contributed by atoms with van der Waals surface area (Å²) >= 11 is 0. The maximum atomic E-state index is 11.4. The first-order valence-electron chi connectivity index (χ1n) is 5.68. The van der Waals surface area contributed by atoms with Crippen LogP contribution in [0, 0.1) is 11.3 Å². The summed E-state index contributed by atoms with van der Waals surface area (Å²) < 4.78 is 28.4. The SMILES string of the molecule is CS(=O)(=O)c1ccc(Oc2ccccc2C#N)c(N)c1. The summed E-state index contributed by atoms with van der Waals surface area (Å²) in [5, 5.41) is 8.98. The lowest BCUT2D eigenvalue weighted by Crippen LogP contribution is -2.00. The Hall–Kier alpha value is -2.52. The number of nitrogen functional groups attached to an aromatic ring is 1. The summed E-state index contributed by atoms with van der Waals surface area (Å²) in [5.74, 6) is 0.675. The van der Waals surface area contributed by atoms with Gasteiger partial charge in [0.05, 0.1) is 16.1 Å². The third kappa shape index (κ3) is 2.90. The van der Waals surface area contributed by atoms with Gasteiger partial charge in [-0.05, 0) is 30.3 Å². The highest BCUT2D eigenvalue weighted by Crippen LogP contribution is 2.31. The standard InChI is InChI=1S/C14H12N2O3S/c1-20(17,18)11-6-7-14(12(16)8-11)19-13-5-3-2-4-10(13)9-15/h2-8H,16H2,1H3. The summed E-state index contributed by atoms with van der Waals surface area (Å²) in [6.07, 6.45) is 1.10. The van der Waals surface area contributed by atoms with Gasteiger partial charge < -0.3 is 10.5 Å². The maximum Gasteiger partial charge on any atom is 0.175 e. The van der Waals surface area contributed by atoms with E-state index in [0.29, 0.717) is 17.1 Å². The number of para-hydroxylation sites is 1. The van der Waals surface area contributed by atoms with Crippen molar-refractivity contribution in [3.05, 3.63) is 48.0 Å². The average molecular weight is 288 g/mol. The van der Waals surface area contributed by atoms with Crippen molar-refractivity contribution in [3.63, 3.8) is 0 Å². The number of benzene rings is 2. The molecule has 0 saturated heterocycles. The molecule has 0 saturated carbocycles. The van der Waals surface area contributed by atoms with Crippen molar-refractivity contribution < 1.29 is 13.2 Å². The zero-order chi connectivity index (χ0) is 14.8. The van der Waals surface area contributed by atoms with E-state index in [1.165, 1.54) is 18.2 Å². The molecule has 0 bridgehead atoms. The molecule has 102 valence electrons. The van der Waals surface area contributed by atoms with Gasteiger partial charge in [-0.25, -0.2) is 8.42 Å². The molecule has 2 aromatic rings. The van der Waals surface area contributed by atoms with Crippen LogP contribution in [-0.4, -0.2) is 14.7 Å². The Labute approximate surface area is 117 Å². The highest BCUT2D eigenvalue weighted by molar-refractivity contribution is 7.90. The van der Waals surface area contributed by atoms with Gasteiger partial charge in [-0.15, -0.1) is 0 Å². The van der Waals surface area contributed by atoms with E-state index in [9.17, 15) is 8.42 Å². The number of nitrogens with two attached hydrogens (primary N) is 1. The van der Waals surface area contributed by atoms with Gasteiger partial charge in [0, 0.05) is 6.26 Å². The molecule has 0 atom stereocenters. The van der Waals surface area contributed by atoms with Crippen LogP contribution in [0.1, 0.15) is 5.56 Å². The Kier molecular flexibility index (Phi) is 3.63. The summed E-state index contributed by atoms with van der Waals surface area (Å²) in [5.41, 5.74) is 6.35. The third-order valence-electron chi connectivity index (χ3n) is 2.64. The second kappa shape index (κ2) is 5.23. The summed E-state index contributed by atoms with van der Waals surface area (Å²) in [7, 11) is -3.32. The molecule has 0 spiro atoms. The number of nitrogens with zero attached hydrogens (tertiary/aromatic N) is 1. The lowest BCUT2D eigenvalue weighted by atomic mass is 10.2. The lowest BCUT2D eigenvalue weighted by molar-refractivity contribution is 0.483. The van der Waals surface area contributed by atoms with Crippen LogP contribution in [0.25, 0.3) is 0 Å². The molecule has 20 heavy (non-hydrogen) atoms. The molecule has 0 radical (unpaired) electrons. The molecule has 0 fully saturated rings. The van der Waals surface area contributed by atoms with Crippen molar-refractivity contribution in [1.29, 1.82) is 5.26 Å². The molecule has 0 aliphatic heterocycles. The monoisotopic (exact) mass is 288 g/mol. The van der Waals surface area contributed by atoms with Crippen molar-refractivity contribution in [1.82, 2.24) is 0 Å². The Bertz CT molecular complexity index is 792. The number of rotatable bonds is 3. The molecular weight excluding hydrogens is 276 g/mol. The molecule has 2 N–H and O–H groups in total. The van der Waals surface area contributed by atoms with Crippen LogP contribution in [0.2, 0.25) is 0 Å². The molecule has 5 nitrogen and oxygen atoms in total. The molecule has 2 rings (SSSR count). The van der Waals surface area contributed by atoms with Gasteiger partial charge in [0.25, 0.3) is 0 Å². The van der Waals surface area contributed by atoms with Crippen molar-refractivity contribution >= 4 is 15.5 Å². The Morgan fingerprint density at radius 2 is 1.85 bits per heavy atom. The van der Waals surface area contributed by atoms with Crippen LogP contribution in [0.4, 0.5) is 5.69 Å². The number of ether oxygens (including phenoxy) is 1. The number of nitriles is 1. The van der Waals surface area contributed by atoms with E-state index in [-0.39, 0.29) is 10.6 Å². The minimum atomic E-state index is -3.32. The van der Waals surface area contributed by atoms with Gasteiger partial charge in [-0.3, -0.25) is 0 Å². The van der Waals surface area contributed by atoms with Crippen molar-refractivity contribution in [2.24, 2.45) is 0 Å². The topological polar surface area (TPSA) is 93.2 Å². The fourth-order valence-electron chi connectivity index (χ4n) is 1.62. The minimum Gasteiger partial charge on any atom is -0.454 e. The Morgan fingerprint density at radius 1 is 1.15 bits per heavy atom. The third-order valence-corrected chi connectivity index (χ3v) is 3.75. The number of hydrogen-bond acceptors (Lipinski definition) is 5. The smallest absolute Gasteiger partial charge is 0.175 e. The predicted octanol–water partition coefficient (Wildman–Crippen LogP) is 2.34. The number of anilines is 1. The van der Waals surface area contributed by atoms with Gasteiger partial charge >= 0.3 is 0 Å². The van der Waals surface area contributed by atoms with E-state index in [4.69, 9.17) is 15.7 Å².